The number of hydrogen-bond donors (Lipinski definition) is 1. The lowest BCUT2D eigenvalue weighted by molar-refractivity contribution is -0.0340. The Morgan fingerprint density at radius 2 is 1.07 bits per heavy atom. The third-order valence-electron chi connectivity index (χ3n) is 9.72. The summed E-state index contributed by atoms with van der Waals surface area (Å²) in [6.45, 7) is 10.4. The quantitative estimate of drug-likeness (QED) is 0.0674. The molecule has 0 saturated heterocycles. The Labute approximate surface area is 329 Å². The van der Waals surface area contributed by atoms with Crippen LogP contribution in [-0.4, -0.2) is 51.6 Å². The predicted octanol–water partition coefficient (Wildman–Crippen LogP) is 8.49. The van der Waals surface area contributed by atoms with Crippen LogP contribution in [0.25, 0.3) is 0 Å². The van der Waals surface area contributed by atoms with Gasteiger partial charge in [0.15, 0.2) is 0 Å². The van der Waals surface area contributed by atoms with Crippen molar-refractivity contribution in [3.05, 3.63) is 162 Å². The largest absolute Gasteiger partial charge is 0.497 e. The molecule has 0 spiro atoms. The van der Waals surface area contributed by atoms with Crippen LogP contribution in [0.3, 0.4) is 0 Å². The third kappa shape index (κ3) is 12.2. The molecule has 0 aliphatic rings. The van der Waals surface area contributed by atoms with Gasteiger partial charge in [0.25, 0.3) is 8.32 Å². The van der Waals surface area contributed by atoms with Crippen molar-refractivity contribution in [2.45, 2.75) is 89.8 Å². The molecule has 4 atom stereocenters. The highest BCUT2D eigenvalue weighted by Crippen LogP contribution is 2.37. The molecule has 0 radical (unpaired) electrons. The first-order chi connectivity index (χ1) is 26.7. The Morgan fingerprint density at radius 3 is 1.58 bits per heavy atom. The molecular weight excluding hydrogens is 701 g/mol. The van der Waals surface area contributed by atoms with Crippen molar-refractivity contribution < 1.29 is 28.5 Å². The summed E-state index contributed by atoms with van der Waals surface area (Å²) in [4.78, 5) is 0. The lowest BCUT2D eigenvalue weighted by atomic mass is 10.1. The molecule has 288 valence electrons. The Hall–Kier alpha value is -4.52. The molecule has 1 N–H and O–H groups in total. The maximum absolute atomic E-state index is 11.7. The van der Waals surface area contributed by atoms with Crippen LogP contribution in [0.15, 0.2) is 146 Å². The number of rotatable bonds is 19. The van der Waals surface area contributed by atoms with Gasteiger partial charge in [0, 0.05) is 13.0 Å². The minimum Gasteiger partial charge on any atom is -0.497 e. The molecular formula is C48H56O6Si. The summed E-state index contributed by atoms with van der Waals surface area (Å²) in [5, 5.41) is 14.0. The normalized spacial score (nSPS) is 13.9. The van der Waals surface area contributed by atoms with Gasteiger partial charge in [0.2, 0.25) is 0 Å². The zero-order chi connectivity index (χ0) is 38.9. The summed E-state index contributed by atoms with van der Waals surface area (Å²) in [6, 6.07) is 49.1. The maximum atomic E-state index is 11.7. The summed E-state index contributed by atoms with van der Waals surface area (Å²) in [6.07, 6.45) is -1.35. The highest BCUT2D eigenvalue weighted by Gasteiger charge is 2.50. The lowest BCUT2D eigenvalue weighted by Crippen LogP contribution is -2.66. The number of hydrogen-bond acceptors (Lipinski definition) is 6. The van der Waals surface area contributed by atoms with Gasteiger partial charge in [-0.05, 0) is 57.6 Å². The third-order valence-corrected chi connectivity index (χ3v) is 14.8. The van der Waals surface area contributed by atoms with Crippen molar-refractivity contribution in [1.82, 2.24) is 0 Å². The summed E-state index contributed by atoms with van der Waals surface area (Å²) in [5.41, 5.74) is 3.12. The minimum atomic E-state index is -2.79. The predicted molar refractivity (Wildman–Crippen MR) is 224 cm³/mol. The first-order valence-electron chi connectivity index (χ1n) is 19.2. The van der Waals surface area contributed by atoms with Gasteiger partial charge in [-0.2, -0.15) is 0 Å². The summed E-state index contributed by atoms with van der Waals surface area (Å²) in [5.74, 6) is 7.20. The van der Waals surface area contributed by atoms with Gasteiger partial charge in [0.05, 0.1) is 39.1 Å². The Bertz CT molecular complexity index is 1830. The number of aliphatic hydroxyl groups is 1. The molecule has 5 aromatic rings. The monoisotopic (exact) mass is 756 g/mol. The Kier molecular flexibility index (Phi) is 15.9. The van der Waals surface area contributed by atoms with E-state index in [2.05, 4.69) is 81.1 Å². The molecule has 0 amide bonds. The van der Waals surface area contributed by atoms with E-state index in [1.807, 2.05) is 104 Å². The molecule has 6 nitrogen and oxygen atoms in total. The fraction of sp³-hybridized carbons (Fsp3) is 0.333. The highest BCUT2D eigenvalue weighted by atomic mass is 28.4. The van der Waals surface area contributed by atoms with Crippen LogP contribution in [0.5, 0.6) is 5.75 Å². The van der Waals surface area contributed by atoms with Crippen LogP contribution in [0, 0.1) is 11.8 Å². The van der Waals surface area contributed by atoms with E-state index >= 15 is 0 Å². The van der Waals surface area contributed by atoms with E-state index in [-0.39, 0.29) is 11.1 Å². The van der Waals surface area contributed by atoms with Crippen molar-refractivity contribution >= 4 is 18.7 Å². The van der Waals surface area contributed by atoms with E-state index in [1.54, 1.807) is 7.11 Å². The second-order valence-corrected chi connectivity index (χ2v) is 19.2. The lowest BCUT2D eigenvalue weighted by Gasteiger charge is -2.43. The van der Waals surface area contributed by atoms with Crippen molar-refractivity contribution in [3.63, 3.8) is 0 Å². The number of aliphatic hydroxyl groups excluding tert-OH is 1. The Morgan fingerprint density at radius 1 is 0.600 bits per heavy atom. The van der Waals surface area contributed by atoms with Gasteiger partial charge >= 0.3 is 0 Å². The number of methoxy groups -OCH3 is 1. The molecule has 55 heavy (non-hydrogen) atoms. The standard InChI is InChI=1S/C48H56O6Si/c1-38(51-35-41-26-28-42(50-5)29-27-41)34-43(52-36-39-18-10-6-11-19-39)30-31-46(49)47(53-37-40-20-12-7-13-21-40)32-33-54-55(48(2,3)4,44-22-14-8-15-23-44)45-24-16-9-17-25-45/h6-29,38,43,46-47,49H,32-37H2,1-5H3/t38-,43-,46?,47+/m1/s1. The van der Waals surface area contributed by atoms with Gasteiger partial charge < -0.3 is 28.5 Å². The zero-order valence-electron chi connectivity index (χ0n) is 32.9. The second-order valence-electron chi connectivity index (χ2n) is 14.9. The van der Waals surface area contributed by atoms with E-state index in [0.29, 0.717) is 39.3 Å². The zero-order valence-corrected chi connectivity index (χ0v) is 33.9. The van der Waals surface area contributed by atoms with Gasteiger partial charge in [-0.15, -0.1) is 0 Å². The molecule has 0 aliphatic heterocycles. The molecule has 0 aromatic heterocycles. The summed E-state index contributed by atoms with van der Waals surface area (Å²) in [7, 11) is -1.13. The van der Waals surface area contributed by atoms with E-state index in [9.17, 15) is 5.11 Å². The van der Waals surface area contributed by atoms with Crippen molar-refractivity contribution in [2.24, 2.45) is 0 Å². The van der Waals surface area contributed by atoms with E-state index in [4.69, 9.17) is 23.4 Å². The van der Waals surface area contributed by atoms with Crippen LogP contribution in [0.2, 0.25) is 5.04 Å². The van der Waals surface area contributed by atoms with E-state index < -0.39 is 26.6 Å². The Balaban J connectivity index is 1.35. The fourth-order valence-corrected chi connectivity index (χ4v) is 11.3. The molecule has 5 rings (SSSR count). The minimum absolute atomic E-state index is 0.153. The van der Waals surface area contributed by atoms with Crippen LogP contribution >= 0.6 is 0 Å². The summed E-state index contributed by atoms with van der Waals surface area (Å²) >= 11 is 0. The summed E-state index contributed by atoms with van der Waals surface area (Å²) < 4.78 is 31.5. The number of benzene rings is 5. The van der Waals surface area contributed by atoms with Crippen LogP contribution in [0.4, 0.5) is 0 Å². The van der Waals surface area contributed by atoms with Crippen molar-refractivity contribution in [2.75, 3.05) is 13.7 Å². The molecule has 7 heteroatoms. The van der Waals surface area contributed by atoms with E-state index in [1.165, 1.54) is 10.4 Å². The van der Waals surface area contributed by atoms with Gasteiger partial charge in [-0.1, -0.05) is 166 Å². The molecule has 0 heterocycles. The van der Waals surface area contributed by atoms with Crippen LogP contribution < -0.4 is 15.1 Å². The van der Waals surface area contributed by atoms with Crippen LogP contribution in [-0.2, 0) is 38.5 Å². The molecule has 0 bridgehead atoms. The molecule has 0 saturated carbocycles. The average Bonchev–Trinajstić information content (AvgIpc) is 3.22. The van der Waals surface area contributed by atoms with E-state index in [0.717, 1.165) is 22.4 Å². The van der Waals surface area contributed by atoms with Crippen molar-refractivity contribution in [3.8, 4) is 17.6 Å². The molecule has 0 fully saturated rings. The maximum Gasteiger partial charge on any atom is 0.261 e. The fourth-order valence-electron chi connectivity index (χ4n) is 6.74. The second kappa shape index (κ2) is 21.0. The topological polar surface area (TPSA) is 66.4 Å². The number of ether oxygens (including phenoxy) is 4. The van der Waals surface area contributed by atoms with Crippen LogP contribution in [0.1, 0.15) is 57.2 Å². The van der Waals surface area contributed by atoms with Gasteiger partial charge in [0.1, 0.15) is 18.0 Å². The van der Waals surface area contributed by atoms with Gasteiger partial charge in [-0.25, -0.2) is 0 Å². The van der Waals surface area contributed by atoms with Gasteiger partial charge in [-0.3, -0.25) is 0 Å². The molecule has 1 unspecified atom stereocenters. The first-order valence-corrected chi connectivity index (χ1v) is 21.1. The SMILES string of the molecule is COc1ccc(CO[C@H](C)C[C@@H](C#CC(O)[C@H](CCO[Si](c2ccccc2)(c2ccccc2)C(C)(C)C)OCc2ccccc2)OCc2ccccc2)cc1. The smallest absolute Gasteiger partial charge is 0.261 e. The van der Waals surface area contributed by atoms with Crippen molar-refractivity contribution in [1.29, 1.82) is 0 Å². The highest BCUT2D eigenvalue weighted by molar-refractivity contribution is 6.99. The average molecular weight is 757 g/mol. The first kappa shape index (κ1) is 41.6. The molecule has 5 aromatic carbocycles. The molecule has 0 aliphatic carbocycles.